The number of amides is 2. The van der Waals surface area contributed by atoms with Gasteiger partial charge in [0.25, 0.3) is 5.91 Å². The summed E-state index contributed by atoms with van der Waals surface area (Å²) >= 11 is 0. The van der Waals surface area contributed by atoms with Gasteiger partial charge >= 0.3 is 6.09 Å². The molecule has 37 heavy (non-hydrogen) atoms. The molecule has 2 aromatic carbocycles. The van der Waals surface area contributed by atoms with Crippen LogP contribution in [0.3, 0.4) is 0 Å². The largest absolute Gasteiger partial charge is 0.493 e. The Morgan fingerprint density at radius 2 is 1.73 bits per heavy atom. The number of rotatable bonds is 7. The Hall–Kier alpha value is -3.46. The van der Waals surface area contributed by atoms with Crippen molar-refractivity contribution < 1.29 is 28.5 Å². The van der Waals surface area contributed by atoms with Gasteiger partial charge in [-0.05, 0) is 55.7 Å². The van der Waals surface area contributed by atoms with E-state index in [1.54, 1.807) is 23.1 Å². The summed E-state index contributed by atoms with van der Waals surface area (Å²) < 4.78 is 22.0. The van der Waals surface area contributed by atoms with E-state index in [1.807, 2.05) is 24.0 Å². The summed E-state index contributed by atoms with van der Waals surface area (Å²) in [5, 5.41) is 0. The van der Waals surface area contributed by atoms with Crippen LogP contribution in [0, 0.1) is 5.92 Å². The van der Waals surface area contributed by atoms with Crippen molar-refractivity contribution in [2.75, 3.05) is 59.3 Å². The Kier molecular flexibility index (Phi) is 7.99. The minimum Gasteiger partial charge on any atom is -0.493 e. The lowest BCUT2D eigenvalue weighted by atomic mass is 9.98. The number of piperidine rings is 1. The molecule has 0 spiro atoms. The molecule has 0 bridgehead atoms. The quantitative estimate of drug-likeness (QED) is 0.564. The standard InChI is InChI=1S/C28H35N3O6/c1-2-34-28(33)30-14-12-29(13-15-30)17-21-5-8-24(9-6-21)35-19-22-4-3-11-31(18-22)27(32)23-7-10-25-26(16-23)37-20-36-25/h5-10,16,22H,2-4,11-15,17-20H2,1H3/t22-/m0/s1. The van der Waals surface area contributed by atoms with Gasteiger partial charge in [0, 0.05) is 57.3 Å². The van der Waals surface area contributed by atoms with Crippen molar-refractivity contribution in [2.24, 2.45) is 5.92 Å². The predicted molar refractivity (Wildman–Crippen MR) is 137 cm³/mol. The summed E-state index contributed by atoms with van der Waals surface area (Å²) in [6, 6.07) is 13.6. The molecule has 3 heterocycles. The van der Waals surface area contributed by atoms with E-state index in [1.165, 1.54) is 5.56 Å². The highest BCUT2D eigenvalue weighted by Crippen LogP contribution is 2.33. The summed E-state index contributed by atoms with van der Waals surface area (Å²) in [5.41, 5.74) is 1.85. The fourth-order valence-electron chi connectivity index (χ4n) is 5.06. The van der Waals surface area contributed by atoms with Crippen LogP contribution < -0.4 is 14.2 Å². The van der Waals surface area contributed by atoms with E-state index in [0.29, 0.717) is 55.8 Å². The lowest BCUT2D eigenvalue weighted by molar-refractivity contribution is 0.0632. The maximum absolute atomic E-state index is 13.1. The summed E-state index contributed by atoms with van der Waals surface area (Å²) in [6.07, 6.45) is 1.79. The van der Waals surface area contributed by atoms with Crippen LogP contribution in [0.5, 0.6) is 17.2 Å². The van der Waals surface area contributed by atoms with E-state index in [-0.39, 0.29) is 18.8 Å². The van der Waals surface area contributed by atoms with Crippen LogP contribution >= 0.6 is 0 Å². The lowest BCUT2D eigenvalue weighted by Crippen LogP contribution is -2.48. The first-order valence-corrected chi connectivity index (χ1v) is 13.1. The van der Waals surface area contributed by atoms with Crippen molar-refractivity contribution in [1.29, 1.82) is 0 Å². The van der Waals surface area contributed by atoms with Gasteiger partial charge in [-0.15, -0.1) is 0 Å². The minimum atomic E-state index is -0.220. The number of benzene rings is 2. The number of hydrogen-bond acceptors (Lipinski definition) is 7. The second-order valence-electron chi connectivity index (χ2n) is 9.74. The van der Waals surface area contributed by atoms with Gasteiger partial charge in [0.1, 0.15) is 5.75 Å². The Morgan fingerprint density at radius 3 is 2.51 bits per heavy atom. The molecule has 0 saturated carbocycles. The Labute approximate surface area is 217 Å². The van der Waals surface area contributed by atoms with E-state index < -0.39 is 0 Å². The maximum Gasteiger partial charge on any atom is 0.409 e. The molecular weight excluding hydrogens is 474 g/mol. The molecule has 0 aromatic heterocycles. The molecule has 5 rings (SSSR count). The molecule has 1 atom stereocenters. The molecule has 198 valence electrons. The third-order valence-electron chi connectivity index (χ3n) is 7.14. The number of piperazine rings is 1. The molecule has 0 N–H and O–H groups in total. The average Bonchev–Trinajstić information content (AvgIpc) is 3.41. The first-order chi connectivity index (χ1) is 18.1. The van der Waals surface area contributed by atoms with Crippen molar-refractivity contribution >= 4 is 12.0 Å². The van der Waals surface area contributed by atoms with Crippen LogP contribution in [-0.4, -0.2) is 86.0 Å². The van der Waals surface area contributed by atoms with Crippen molar-refractivity contribution in [3.05, 3.63) is 53.6 Å². The van der Waals surface area contributed by atoms with Gasteiger partial charge in [-0.2, -0.15) is 0 Å². The predicted octanol–water partition coefficient (Wildman–Crippen LogP) is 3.62. The number of hydrogen-bond donors (Lipinski definition) is 0. The van der Waals surface area contributed by atoms with E-state index >= 15 is 0 Å². The third kappa shape index (κ3) is 6.28. The summed E-state index contributed by atoms with van der Waals surface area (Å²) in [4.78, 5) is 31.0. The monoisotopic (exact) mass is 509 g/mol. The summed E-state index contributed by atoms with van der Waals surface area (Å²) in [6.45, 7) is 8.35. The molecule has 0 aliphatic carbocycles. The molecule has 3 aliphatic heterocycles. The molecule has 3 aliphatic rings. The summed E-state index contributed by atoms with van der Waals surface area (Å²) in [5.74, 6) is 2.47. The Balaban J connectivity index is 1.07. The zero-order valence-electron chi connectivity index (χ0n) is 21.4. The Bertz CT molecular complexity index is 1080. The van der Waals surface area contributed by atoms with Gasteiger partial charge < -0.3 is 28.7 Å². The number of likely N-dealkylation sites (tertiary alicyclic amines) is 1. The highest BCUT2D eigenvalue weighted by atomic mass is 16.7. The molecule has 2 fully saturated rings. The van der Waals surface area contributed by atoms with Crippen LogP contribution in [0.2, 0.25) is 0 Å². The van der Waals surface area contributed by atoms with Gasteiger partial charge in [0.15, 0.2) is 11.5 Å². The van der Waals surface area contributed by atoms with Crippen molar-refractivity contribution in [1.82, 2.24) is 14.7 Å². The minimum absolute atomic E-state index is 0.0236. The van der Waals surface area contributed by atoms with Crippen molar-refractivity contribution in [2.45, 2.75) is 26.3 Å². The van der Waals surface area contributed by atoms with Crippen molar-refractivity contribution in [3.63, 3.8) is 0 Å². The van der Waals surface area contributed by atoms with E-state index in [4.69, 9.17) is 18.9 Å². The van der Waals surface area contributed by atoms with E-state index in [0.717, 1.165) is 44.8 Å². The topological polar surface area (TPSA) is 80.8 Å². The normalized spacial score (nSPS) is 19.5. The van der Waals surface area contributed by atoms with Crippen LogP contribution in [0.15, 0.2) is 42.5 Å². The molecule has 2 amide bonds. The molecule has 0 radical (unpaired) electrons. The molecular formula is C28H35N3O6. The fraction of sp³-hybridized carbons (Fsp3) is 0.500. The van der Waals surface area contributed by atoms with Crippen LogP contribution in [0.1, 0.15) is 35.7 Å². The molecule has 9 nitrogen and oxygen atoms in total. The highest BCUT2D eigenvalue weighted by molar-refractivity contribution is 5.95. The number of fused-ring (bicyclic) bond motifs is 1. The number of ether oxygens (including phenoxy) is 4. The molecule has 2 saturated heterocycles. The van der Waals surface area contributed by atoms with E-state index in [9.17, 15) is 9.59 Å². The number of carbonyl (C=O) groups excluding carboxylic acids is 2. The van der Waals surface area contributed by atoms with Gasteiger partial charge in [-0.25, -0.2) is 4.79 Å². The van der Waals surface area contributed by atoms with Crippen LogP contribution in [0.25, 0.3) is 0 Å². The Morgan fingerprint density at radius 1 is 0.946 bits per heavy atom. The van der Waals surface area contributed by atoms with Gasteiger partial charge in [-0.3, -0.25) is 9.69 Å². The van der Waals surface area contributed by atoms with E-state index in [2.05, 4.69) is 17.0 Å². The molecule has 9 heteroatoms. The highest BCUT2D eigenvalue weighted by Gasteiger charge is 2.26. The van der Waals surface area contributed by atoms with Crippen LogP contribution in [-0.2, 0) is 11.3 Å². The zero-order chi connectivity index (χ0) is 25.6. The van der Waals surface area contributed by atoms with Gasteiger partial charge in [0.05, 0.1) is 13.2 Å². The van der Waals surface area contributed by atoms with Crippen molar-refractivity contribution in [3.8, 4) is 17.2 Å². The molecule has 2 aromatic rings. The number of nitrogens with zero attached hydrogens (tertiary/aromatic N) is 3. The smallest absolute Gasteiger partial charge is 0.409 e. The lowest BCUT2D eigenvalue weighted by Gasteiger charge is -2.34. The maximum atomic E-state index is 13.1. The third-order valence-corrected chi connectivity index (χ3v) is 7.14. The SMILES string of the molecule is CCOC(=O)N1CCN(Cc2ccc(OC[C@H]3CCCN(C(=O)c4ccc5c(c4)OCO5)C3)cc2)CC1. The van der Waals surface area contributed by atoms with Gasteiger partial charge in [0.2, 0.25) is 6.79 Å². The second kappa shape index (κ2) is 11.7. The van der Waals surface area contributed by atoms with Crippen LogP contribution in [0.4, 0.5) is 4.79 Å². The number of carbonyl (C=O) groups is 2. The fourth-order valence-corrected chi connectivity index (χ4v) is 5.06. The first kappa shape index (κ1) is 25.2. The average molecular weight is 510 g/mol. The second-order valence-corrected chi connectivity index (χ2v) is 9.74. The summed E-state index contributed by atoms with van der Waals surface area (Å²) in [7, 11) is 0. The first-order valence-electron chi connectivity index (χ1n) is 13.1. The van der Waals surface area contributed by atoms with Gasteiger partial charge in [-0.1, -0.05) is 12.1 Å². The molecule has 0 unspecified atom stereocenters. The zero-order valence-corrected chi connectivity index (χ0v) is 21.4.